The monoisotopic (exact) mass is 433 g/mol. The summed E-state index contributed by atoms with van der Waals surface area (Å²) in [6.45, 7) is -0.610. The highest BCUT2D eigenvalue weighted by Gasteiger charge is 2.11. The van der Waals surface area contributed by atoms with Crippen molar-refractivity contribution in [3.05, 3.63) is 59.7 Å². The molecule has 0 fully saturated rings. The molecular formula is C22H22F3N3O3. The molecule has 6 nitrogen and oxygen atoms in total. The van der Waals surface area contributed by atoms with Crippen molar-refractivity contribution < 1.29 is 27.4 Å². The number of hydrogen-bond donors (Lipinski definition) is 1. The van der Waals surface area contributed by atoms with Gasteiger partial charge in [-0.2, -0.15) is 8.78 Å². The van der Waals surface area contributed by atoms with Gasteiger partial charge in [-0.3, -0.25) is 4.79 Å². The Labute approximate surface area is 177 Å². The van der Waals surface area contributed by atoms with Crippen molar-refractivity contribution in [1.29, 1.82) is 0 Å². The van der Waals surface area contributed by atoms with E-state index in [-0.39, 0.29) is 29.8 Å². The van der Waals surface area contributed by atoms with Crippen LogP contribution in [0.1, 0.15) is 18.3 Å². The highest BCUT2D eigenvalue weighted by atomic mass is 19.3. The van der Waals surface area contributed by atoms with Gasteiger partial charge in [0.05, 0.1) is 17.6 Å². The van der Waals surface area contributed by atoms with Gasteiger partial charge in [0.15, 0.2) is 11.5 Å². The van der Waals surface area contributed by atoms with Gasteiger partial charge in [0.2, 0.25) is 5.91 Å². The predicted molar refractivity (Wildman–Crippen MR) is 111 cm³/mol. The van der Waals surface area contributed by atoms with Gasteiger partial charge in [-0.05, 0) is 42.8 Å². The second-order valence-corrected chi connectivity index (χ2v) is 6.61. The fourth-order valence-electron chi connectivity index (χ4n) is 3.06. The van der Waals surface area contributed by atoms with Gasteiger partial charge >= 0.3 is 6.61 Å². The average molecular weight is 433 g/mol. The number of alkyl halides is 2. The lowest BCUT2D eigenvalue weighted by atomic mass is 10.2. The molecule has 1 aromatic heterocycles. The molecule has 0 unspecified atom stereocenters. The van der Waals surface area contributed by atoms with Crippen molar-refractivity contribution in [1.82, 2.24) is 14.9 Å². The number of nitrogens with zero attached hydrogens (tertiary/aromatic N) is 2. The lowest BCUT2D eigenvalue weighted by Crippen LogP contribution is -2.24. The van der Waals surface area contributed by atoms with E-state index in [9.17, 15) is 18.0 Å². The Morgan fingerprint density at radius 1 is 1.23 bits per heavy atom. The molecule has 1 heterocycles. The number of imidazole rings is 1. The quantitative estimate of drug-likeness (QED) is 0.517. The SMILES string of the molecule is CCOc1cc(C=CC(=O)NCCc2nc3cc(F)ccc3n2C)ccc1OC(F)F. The average Bonchev–Trinajstić information content (AvgIpc) is 3.02. The molecule has 3 rings (SSSR count). The van der Waals surface area contributed by atoms with Crippen LogP contribution >= 0.6 is 0 Å². The third-order valence-corrected chi connectivity index (χ3v) is 4.49. The van der Waals surface area contributed by atoms with Crippen LogP contribution in [0.25, 0.3) is 17.1 Å². The Balaban J connectivity index is 1.58. The summed E-state index contributed by atoms with van der Waals surface area (Å²) in [6.07, 6.45) is 3.35. The van der Waals surface area contributed by atoms with Crippen LogP contribution in [-0.4, -0.2) is 35.2 Å². The predicted octanol–water partition coefficient (Wildman–Crippen LogP) is 4.08. The maximum absolute atomic E-state index is 13.3. The summed E-state index contributed by atoms with van der Waals surface area (Å²) in [5, 5.41) is 2.75. The van der Waals surface area contributed by atoms with Gasteiger partial charge in [0.25, 0.3) is 0 Å². The maximum atomic E-state index is 13.3. The molecule has 0 spiro atoms. The van der Waals surface area contributed by atoms with Gasteiger partial charge in [-0.15, -0.1) is 0 Å². The van der Waals surface area contributed by atoms with Crippen molar-refractivity contribution in [2.75, 3.05) is 13.2 Å². The van der Waals surface area contributed by atoms with E-state index in [0.717, 1.165) is 11.3 Å². The first kappa shape index (κ1) is 22.2. The van der Waals surface area contributed by atoms with E-state index >= 15 is 0 Å². The zero-order valence-electron chi connectivity index (χ0n) is 17.1. The van der Waals surface area contributed by atoms with Crippen LogP contribution in [0.5, 0.6) is 11.5 Å². The Morgan fingerprint density at radius 2 is 2.03 bits per heavy atom. The molecule has 0 atom stereocenters. The third kappa shape index (κ3) is 5.78. The number of rotatable bonds is 9. The minimum Gasteiger partial charge on any atom is -0.490 e. The molecule has 164 valence electrons. The molecule has 0 bridgehead atoms. The highest BCUT2D eigenvalue weighted by molar-refractivity contribution is 5.91. The molecule has 2 aromatic carbocycles. The number of benzene rings is 2. The van der Waals surface area contributed by atoms with Gasteiger partial charge in [0.1, 0.15) is 11.6 Å². The zero-order valence-corrected chi connectivity index (χ0v) is 17.1. The Hall–Kier alpha value is -3.49. The number of hydrogen-bond acceptors (Lipinski definition) is 4. The van der Waals surface area contributed by atoms with Crippen LogP contribution < -0.4 is 14.8 Å². The van der Waals surface area contributed by atoms with Crippen LogP contribution in [0.15, 0.2) is 42.5 Å². The second-order valence-electron chi connectivity index (χ2n) is 6.61. The van der Waals surface area contributed by atoms with E-state index in [2.05, 4.69) is 15.0 Å². The van der Waals surface area contributed by atoms with Crippen LogP contribution in [0.2, 0.25) is 0 Å². The first-order chi connectivity index (χ1) is 14.9. The van der Waals surface area contributed by atoms with Gasteiger partial charge < -0.3 is 19.4 Å². The Bertz CT molecular complexity index is 1100. The number of aryl methyl sites for hydroxylation is 1. The molecule has 0 aliphatic rings. The van der Waals surface area contributed by atoms with Crippen LogP contribution in [0.3, 0.4) is 0 Å². The molecule has 31 heavy (non-hydrogen) atoms. The molecule has 0 aliphatic heterocycles. The molecule has 0 saturated heterocycles. The highest BCUT2D eigenvalue weighted by Crippen LogP contribution is 2.30. The smallest absolute Gasteiger partial charge is 0.387 e. The van der Waals surface area contributed by atoms with Crippen molar-refractivity contribution in [3.8, 4) is 11.5 Å². The number of aromatic nitrogens is 2. The van der Waals surface area contributed by atoms with Crippen LogP contribution in [-0.2, 0) is 18.3 Å². The summed E-state index contributed by atoms with van der Waals surface area (Å²) < 4.78 is 49.9. The first-order valence-electron chi connectivity index (χ1n) is 9.65. The van der Waals surface area contributed by atoms with E-state index in [1.54, 1.807) is 25.1 Å². The van der Waals surface area contributed by atoms with Crippen LogP contribution in [0, 0.1) is 5.82 Å². The van der Waals surface area contributed by atoms with Gasteiger partial charge in [-0.25, -0.2) is 9.37 Å². The van der Waals surface area contributed by atoms with Crippen molar-refractivity contribution in [2.45, 2.75) is 20.0 Å². The standard InChI is InChI=1S/C22H22F3N3O3/c1-3-30-19-12-14(4-8-18(19)31-22(24)25)5-9-21(29)26-11-10-20-27-16-13-15(23)6-7-17(16)28(20)2/h4-9,12-13,22H,3,10-11H2,1-2H3,(H,26,29). The second kappa shape index (κ2) is 10.0. The molecule has 1 N–H and O–H groups in total. The summed E-state index contributed by atoms with van der Waals surface area (Å²) in [4.78, 5) is 16.5. The number of halogens is 3. The van der Waals surface area contributed by atoms with E-state index in [4.69, 9.17) is 4.74 Å². The van der Waals surface area contributed by atoms with Crippen molar-refractivity contribution >= 4 is 23.0 Å². The molecular weight excluding hydrogens is 411 g/mol. The summed E-state index contributed by atoms with van der Waals surface area (Å²) >= 11 is 0. The number of ether oxygens (including phenoxy) is 2. The minimum absolute atomic E-state index is 0.0687. The lowest BCUT2D eigenvalue weighted by molar-refractivity contribution is -0.116. The molecule has 1 amide bonds. The number of amides is 1. The molecule has 0 aliphatic carbocycles. The zero-order chi connectivity index (χ0) is 22.4. The van der Waals surface area contributed by atoms with E-state index < -0.39 is 6.61 Å². The van der Waals surface area contributed by atoms with Crippen molar-refractivity contribution in [2.24, 2.45) is 7.05 Å². The maximum Gasteiger partial charge on any atom is 0.387 e. The minimum atomic E-state index is -2.96. The first-order valence-corrected chi connectivity index (χ1v) is 9.65. The number of nitrogens with one attached hydrogen (secondary N) is 1. The van der Waals surface area contributed by atoms with Crippen molar-refractivity contribution in [3.63, 3.8) is 0 Å². The summed E-state index contributed by atoms with van der Waals surface area (Å²) in [6, 6.07) is 8.84. The van der Waals surface area contributed by atoms with Gasteiger partial charge in [-0.1, -0.05) is 6.07 Å². The molecule has 9 heteroatoms. The largest absolute Gasteiger partial charge is 0.490 e. The summed E-state index contributed by atoms with van der Waals surface area (Å²) in [5.41, 5.74) is 1.97. The summed E-state index contributed by atoms with van der Waals surface area (Å²) in [7, 11) is 1.83. The lowest BCUT2D eigenvalue weighted by Gasteiger charge is -2.11. The van der Waals surface area contributed by atoms with Gasteiger partial charge in [0, 0.05) is 32.2 Å². The van der Waals surface area contributed by atoms with E-state index in [1.165, 1.54) is 30.3 Å². The topological polar surface area (TPSA) is 65.4 Å². The molecule has 0 radical (unpaired) electrons. The van der Waals surface area contributed by atoms with E-state index in [0.29, 0.717) is 24.0 Å². The third-order valence-electron chi connectivity index (χ3n) is 4.49. The normalized spacial score (nSPS) is 11.4. The van der Waals surface area contributed by atoms with Crippen LogP contribution in [0.4, 0.5) is 13.2 Å². The van der Waals surface area contributed by atoms with E-state index in [1.807, 2.05) is 11.6 Å². The number of carbonyl (C=O) groups excluding carboxylic acids is 1. The number of carbonyl (C=O) groups is 1. The Morgan fingerprint density at radius 3 is 2.77 bits per heavy atom. The fourth-order valence-corrected chi connectivity index (χ4v) is 3.06. The number of fused-ring (bicyclic) bond motifs is 1. The molecule has 3 aromatic rings. The fraction of sp³-hybridized carbons (Fsp3) is 0.273. The molecule has 0 saturated carbocycles. The Kier molecular flexibility index (Phi) is 7.17. The summed E-state index contributed by atoms with van der Waals surface area (Å²) in [5.74, 6) is 0.151.